The average molecular weight is 485 g/mol. The number of rotatable bonds is 7. The summed E-state index contributed by atoms with van der Waals surface area (Å²) < 4.78 is 31.3. The molecular formula is C27H34F2N4O2. The average Bonchev–Trinajstić information content (AvgIpc) is 3.18. The molecule has 2 heterocycles. The van der Waals surface area contributed by atoms with Gasteiger partial charge in [-0.1, -0.05) is 18.2 Å². The number of amides is 1. The summed E-state index contributed by atoms with van der Waals surface area (Å²) in [5.41, 5.74) is -0.866. The molecule has 2 aliphatic carbocycles. The number of hydrogen-bond acceptors (Lipinski definition) is 4. The minimum Gasteiger partial charge on any atom is -0.381 e. The van der Waals surface area contributed by atoms with Crippen molar-refractivity contribution in [3.63, 3.8) is 0 Å². The van der Waals surface area contributed by atoms with Gasteiger partial charge in [-0.3, -0.25) is 9.59 Å². The molecule has 1 amide bonds. The molecular weight excluding hydrogens is 450 g/mol. The van der Waals surface area contributed by atoms with Crippen LogP contribution in [0.3, 0.4) is 0 Å². The van der Waals surface area contributed by atoms with Gasteiger partial charge in [-0.2, -0.15) is 0 Å². The van der Waals surface area contributed by atoms with Gasteiger partial charge in [0.15, 0.2) is 0 Å². The molecule has 8 heteroatoms. The Hall–Kier alpha value is -2.74. The van der Waals surface area contributed by atoms with E-state index in [2.05, 4.69) is 22.6 Å². The zero-order valence-electron chi connectivity index (χ0n) is 20.8. The summed E-state index contributed by atoms with van der Waals surface area (Å²) in [6.07, 6.45) is 4.55. The molecule has 4 atom stereocenters. The maximum Gasteiger partial charge on any atom is 0.255 e. The zero-order valence-corrected chi connectivity index (χ0v) is 20.8. The number of likely N-dealkylation sites (tertiary alicyclic amines) is 1. The van der Waals surface area contributed by atoms with Gasteiger partial charge >= 0.3 is 0 Å². The van der Waals surface area contributed by atoms with Gasteiger partial charge in [0.05, 0.1) is 17.3 Å². The van der Waals surface area contributed by atoms with Crippen LogP contribution in [0.25, 0.3) is 0 Å². The Balaban J connectivity index is 1.42. The van der Waals surface area contributed by atoms with E-state index in [0.717, 1.165) is 32.4 Å². The number of nitrogens with zero attached hydrogens (tertiary/aromatic N) is 2. The molecule has 3 fully saturated rings. The van der Waals surface area contributed by atoms with Crippen molar-refractivity contribution in [1.82, 2.24) is 14.8 Å². The summed E-state index contributed by atoms with van der Waals surface area (Å²) in [4.78, 5) is 28.6. The molecule has 2 aromatic rings. The lowest BCUT2D eigenvalue weighted by atomic mass is 9.92. The molecule has 35 heavy (non-hydrogen) atoms. The summed E-state index contributed by atoms with van der Waals surface area (Å²) in [5.74, 6) is -0.00426. The van der Waals surface area contributed by atoms with E-state index in [1.807, 2.05) is 0 Å². The first-order valence-electron chi connectivity index (χ1n) is 12.5. The largest absolute Gasteiger partial charge is 0.381 e. The topological polar surface area (TPSA) is 66.4 Å². The Labute approximate surface area is 204 Å². The third-order valence-electron chi connectivity index (χ3n) is 7.98. The number of fused-ring (bicyclic) bond motifs is 1. The van der Waals surface area contributed by atoms with Crippen molar-refractivity contribution in [3.8, 4) is 0 Å². The van der Waals surface area contributed by atoms with Gasteiger partial charge < -0.3 is 20.1 Å². The number of halogens is 2. The standard InChI is InChI=1S/C27H34F2N4O2/c1-15(17-9-6-10-21(24(17)28)27(2,3)29)30-26(35)20-14-33(16-7-5-8-16)23(34)11-22(20)31-25-18-12-32(4)13-19(18)25/h6,9-11,14-16,18-19,25,31H,5,7-8,12-13H2,1-4H3,(H,30,35)/t15-,18-,19+,25?/m1/s1. The van der Waals surface area contributed by atoms with Crippen LogP contribution >= 0.6 is 0 Å². The third kappa shape index (κ3) is 4.48. The van der Waals surface area contributed by atoms with Crippen molar-refractivity contribution in [1.29, 1.82) is 0 Å². The Bertz CT molecular complexity index is 1190. The number of nitrogens with one attached hydrogen (secondary N) is 2. The summed E-state index contributed by atoms with van der Waals surface area (Å²) in [5, 5.41) is 6.34. The van der Waals surface area contributed by atoms with Crippen LogP contribution in [0.15, 0.2) is 35.3 Å². The van der Waals surface area contributed by atoms with Gasteiger partial charge in [0.25, 0.3) is 11.5 Å². The number of carbonyl (C=O) groups excluding carboxylic acids is 1. The van der Waals surface area contributed by atoms with E-state index in [4.69, 9.17) is 0 Å². The number of pyridine rings is 1. The van der Waals surface area contributed by atoms with Gasteiger partial charge in [0.1, 0.15) is 11.5 Å². The zero-order chi connectivity index (χ0) is 25.1. The number of piperidine rings is 1. The quantitative estimate of drug-likeness (QED) is 0.612. The fourth-order valence-corrected chi connectivity index (χ4v) is 5.62. The lowest BCUT2D eigenvalue weighted by Crippen LogP contribution is -2.34. The monoisotopic (exact) mass is 484 g/mol. The molecule has 1 aliphatic heterocycles. The minimum absolute atomic E-state index is 0.0396. The first-order valence-corrected chi connectivity index (χ1v) is 12.5. The van der Waals surface area contributed by atoms with Crippen molar-refractivity contribution >= 4 is 11.6 Å². The van der Waals surface area contributed by atoms with E-state index >= 15 is 4.39 Å². The lowest BCUT2D eigenvalue weighted by molar-refractivity contribution is 0.0938. The second-order valence-corrected chi connectivity index (χ2v) is 11.0. The maximum atomic E-state index is 15.1. The predicted molar refractivity (Wildman–Crippen MR) is 132 cm³/mol. The Morgan fingerprint density at radius 3 is 2.49 bits per heavy atom. The van der Waals surface area contributed by atoms with Gasteiger partial charge in [-0.05, 0) is 58.9 Å². The Kier molecular flexibility index (Phi) is 5.98. The molecule has 2 saturated carbocycles. The van der Waals surface area contributed by atoms with Gasteiger partial charge in [-0.25, -0.2) is 8.78 Å². The van der Waals surface area contributed by atoms with Crippen LogP contribution in [0.1, 0.15) is 73.6 Å². The molecule has 6 nitrogen and oxygen atoms in total. The highest BCUT2D eigenvalue weighted by Crippen LogP contribution is 2.47. The van der Waals surface area contributed by atoms with E-state index in [0.29, 0.717) is 23.1 Å². The predicted octanol–water partition coefficient (Wildman–Crippen LogP) is 4.38. The number of anilines is 1. The minimum atomic E-state index is -1.84. The van der Waals surface area contributed by atoms with Crippen molar-refractivity contribution in [2.75, 3.05) is 25.5 Å². The maximum absolute atomic E-state index is 15.1. The number of benzene rings is 1. The fraction of sp³-hybridized carbons (Fsp3) is 0.556. The first-order chi connectivity index (χ1) is 16.5. The molecule has 3 aliphatic rings. The first kappa shape index (κ1) is 24.0. The summed E-state index contributed by atoms with van der Waals surface area (Å²) in [6.45, 7) is 6.30. The second kappa shape index (κ2) is 8.73. The molecule has 0 spiro atoms. The molecule has 188 valence electrons. The number of carbonyl (C=O) groups is 1. The van der Waals surface area contributed by atoms with Crippen molar-refractivity contribution < 1.29 is 13.6 Å². The van der Waals surface area contributed by atoms with Crippen LogP contribution in [0.2, 0.25) is 0 Å². The van der Waals surface area contributed by atoms with Crippen LogP contribution in [0.4, 0.5) is 14.5 Å². The highest BCUT2D eigenvalue weighted by atomic mass is 19.1. The van der Waals surface area contributed by atoms with Gasteiger partial charge in [0, 0.05) is 48.6 Å². The number of alkyl halides is 1. The van der Waals surface area contributed by atoms with Crippen molar-refractivity contribution in [2.45, 2.75) is 63.8 Å². The van der Waals surface area contributed by atoms with E-state index in [1.165, 1.54) is 26.0 Å². The summed E-state index contributed by atoms with van der Waals surface area (Å²) in [7, 11) is 2.10. The molecule has 0 radical (unpaired) electrons. The highest BCUT2D eigenvalue weighted by Gasteiger charge is 2.55. The Morgan fingerprint density at radius 2 is 1.89 bits per heavy atom. The van der Waals surface area contributed by atoms with Crippen LogP contribution in [0, 0.1) is 17.7 Å². The van der Waals surface area contributed by atoms with E-state index in [-0.39, 0.29) is 34.7 Å². The molecule has 5 rings (SSSR count). The van der Waals surface area contributed by atoms with E-state index in [9.17, 15) is 14.0 Å². The number of aromatic nitrogens is 1. The third-order valence-corrected chi connectivity index (χ3v) is 7.98. The van der Waals surface area contributed by atoms with Gasteiger partial charge in [-0.15, -0.1) is 0 Å². The van der Waals surface area contributed by atoms with Crippen molar-refractivity contribution in [2.24, 2.45) is 11.8 Å². The van der Waals surface area contributed by atoms with E-state index in [1.54, 1.807) is 29.8 Å². The van der Waals surface area contributed by atoms with Gasteiger partial charge in [0.2, 0.25) is 0 Å². The van der Waals surface area contributed by atoms with Crippen LogP contribution in [0.5, 0.6) is 0 Å². The SMILES string of the molecule is C[C@@H](NC(=O)c1cn(C2CCC2)c(=O)cc1NC1[C@H]2CN(C)C[C@@H]12)c1cccc(C(C)(C)F)c1F. The lowest BCUT2D eigenvalue weighted by Gasteiger charge is -2.29. The molecule has 1 aromatic heterocycles. The molecule has 0 bridgehead atoms. The molecule has 2 N–H and O–H groups in total. The highest BCUT2D eigenvalue weighted by molar-refractivity contribution is 5.99. The van der Waals surface area contributed by atoms with Crippen LogP contribution < -0.4 is 16.2 Å². The molecule has 1 saturated heterocycles. The van der Waals surface area contributed by atoms with Crippen LogP contribution in [-0.2, 0) is 5.67 Å². The van der Waals surface area contributed by atoms with Crippen LogP contribution in [-0.4, -0.2) is 41.6 Å². The second-order valence-electron chi connectivity index (χ2n) is 11.0. The number of hydrogen-bond donors (Lipinski definition) is 2. The Morgan fingerprint density at radius 1 is 1.20 bits per heavy atom. The summed E-state index contributed by atoms with van der Waals surface area (Å²) >= 11 is 0. The normalized spacial score (nSPS) is 25.0. The fourth-order valence-electron chi connectivity index (χ4n) is 5.62. The molecule has 1 aromatic carbocycles. The summed E-state index contributed by atoms with van der Waals surface area (Å²) in [6, 6.07) is 5.79. The van der Waals surface area contributed by atoms with Crippen molar-refractivity contribution in [3.05, 3.63) is 63.3 Å². The molecule has 1 unspecified atom stereocenters. The van der Waals surface area contributed by atoms with E-state index < -0.39 is 17.5 Å². The smallest absolute Gasteiger partial charge is 0.255 e.